The molecule has 0 bridgehead atoms. The van der Waals surface area contributed by atoms with Gasteiger partial charge >= 0.3 is 0 Å². The number of carbonyl (C=O) groups excluding carboxylic acids is 1. The van der Waals surface area contributed by atoms with Crippen molar-refractivity contribution in [3.8, 4) is 5.75 Å². The van der Waals surface area contributed by atoms with E-state index in [2.05, 4.69) is 29.2 Å². The molecule has 0 atom stereocenters. The Kier molecular flexibility index (Phi) is 8.20. The molecule has 4 rings (SSSR count). The molecule has 9 heteroatoms. The highest BCUT2D eigenvalue weighted by Gasteiger charge is 2.35. The van der Waals surface area contributed by atoms with Gasteiger partial charge in [0.1, 0.15) is 16.5 Å². The third-order valence-corrected chi connectivity index (χ3v) is 8.62. The van der Waals surface area contributed by atoms with E-state index in [0.29, 0.717) is 25.9 Å². The first-order valence-corrected chi connectivity index (χ1v) is 13.4. The fourth-order valence-electron chi connectivity index (χ4n) is 4.65. The van der Waals surface area contributed by atoms with Gasteiger partial charge in [0.25, 0.3) is 0 Å². The Morgan fingerprint density at radius 2 is 1.71 bits per heavy atom. The Hall–Kier alpha value is -2.75. The normalized spacial score (nSPS) is 18.7. The van der Waals surface area contributed by atoms with Crippen LogP contribution in [0.4, 0.5) is 4.39 Å². The van der Waals surface area contributed by atoms with Gasteiger partial charge in [0, 0.05) is 51.7 Å². The van der Waals surface area contributed by atoms with Crippen LogP contribution in [0.5, 0.6) is 5.75 Å². The molecule has 2 aromatic rings. The van der Waals surface area contributed by atoms with Gasteiger partial charge in [0.15, 0.2) is 0 Å². The SMILES string of the molecule is COc1ccc(F)cc1S(=O)(=O)N1CCC(C(=O)N2CCN(C/C=C/c3ccccc3)CC2)CC1. The Labute approximate surface area is 206 Å². The van der Waals surface area contributed by atoms with Crippen molar-refractivity contribution >= 4 is 22.0 Å². The van der Waals surface area contributed by atoms with Crippen molar-refractivity contribution < 1.29 is 22.3 Å². The Morgan fingerprint density at radius 1 is 1.03 bits per heavy atom. The van der Waals surface area contributed by atoms with Crippen LogP contribution in [0.1, 0.15) is 18.4 Å². The minimum absolute atomic E-state index is 0.102. The van der Waals surface area contributed by atoms with Gasteiger partial charge in [-0.1, -0.05) is 42.5 Å². The van der Waals surface area contributed by atoms with Gasteiger partial charge in [-0.3, -0.25) is 9.69 Å². The molecule has 2 heterocycles. The smallest absolute Gasteiger partial charge is 0.246 e. The number of piperidine rings is 1. The minimum Gasteiger partial charge on any atom is -0.495 e. The van der Waals surface area contributed by atoms with E-state index in [1.807, 2.05) is 23.1 Å². The maximum absolute atomic E-state index is 13.7. The van der Waals surface area contributed by atoms with Crippen LogP contribution in [0.3, 0.4) is 0 Å². The van der Waals surface area contributed by atoms with Crippen molar-refractivity contribution in [2.45, 2.75) is 17.7 Å². The predicted octanol–water partition coefficient (Wildman–Crippen LogP) is 3.09. The summed E-state index contributed by atoms with van der Waals surface area (Å²) in [7, 11) is -2.55. The van der Waals surface area contributed by atoms with Crippen LogP contribution >= 0.6 is 0 Å². The van der Waals surface area contributed by atoms with E-state index < -0.39 is 15.8 Å². The van der Waals surface area contributed by atoms with Crippen LogP contribution in [0.2, 0.25) is 0 Å². The Morgan fingerprint density at radius 3 is 2.37 bits per heavy atom. The van der Waals surface area contributed by atoms with Crippen molar-refractivity contribution in [3.05, 3.63) is 66.0 Å². The molecule has 0 saturated carbocycles. The Balaban J connectivity index is 1.27. The summed E-state index contributed by atoms with van der Waals surface area (Å²) in [5.74, 6) is -0.615. The van der Waals surface area contributed by atoms with Crippen LogP contribution in [0, 0.1) is 11.7 Å². The van der Waals surface area contributed by atoms with Gasteiger partial charge in [0.2, 0.25) is 15.9 Å². The van der Waals surface area contributed by atoms with Crippen LogP contribution in [-0.4, -0.2) is 81.4 Å². The number of carbonyl (C=O) groups is 1. The number of piperazine rings is 1. The highest BCUT2D eigenvalue weighted by atomic mass is 32.2. The molecule has 0 spiro atoms. The van der Waals surface area contributed by atoms with Crippen LogP contribution in [-0.2, 0) is 14.8 Å². The number of sulfonamides is 1. The van der Waals surface area contributed by atoms with Gasteiger partial charge in [0.05, 0.1) is 7.11 Å². The first-order chi connectivity index (χ1) is 16.9. The number of hydrogen-bond acceptors (Lipinski definition) is 5. The van der Waals surface area contributed by atoms with Gasteiger partial charge in [-0.2, -0.15) is 4.31 Å². The molecule has 1 amide bonds. The average Bonchev–Trinajstić information content (AvgIpc) is 2.89. The summed E-state index contributed by atoms with van der Waals surface area (Å²) in [5, 5.41) is 0. The van der Waals surface area contributed by atoms with Crippen molar-refractivity contribution in [1.82, 2.24) is 14.1 Å². The number of halogens is 1. The second-order valence-corrected chi connectivity index (χ2v) is 10.8. The van der Waals surface area contributed by atoms with Crippen LogP contribution in [0.25, 0.3) is 6.08 Å². The molecule has 2 fully saturated rings. The molecule has 7 nitrogen and oxygen atoms in total. The number of hydrogen-bond donors (Lipinski definition) is 0. The summed E-state index contributed by atoms with van der Waals surface area (Å²) in [4.78, 5) is 17.1. The molecule has 2 aliphatic heterocycles. The first-order valence-electron chi connectivity index (χ1n) is 11.9. The van der Waals surface area contributed by atoms with Crippen LogP contribution in [0.15, 0.2) is 59.5 Å². The number of nitrogens with zero attached hydrogens (tertiary/aromatic N) is 3. The third kappa shape index (κ3) is 6.09. The molecule has 0 N–H and O–H groups in total. The second-order valence-electron chi connectivity index (χ2n) is 8.91. The van der Waals surface area contributed by atoms with E-state index in [4.69, 9.17) is 4.74 Å². The molecule has 0 radical (unpaired) electrons. The zero-order valence-electron chi connectivity index (χ0n) is 20.0. The number of methoxy groups -OCH3 is 1. The fraction of sp³-hybridized carbons (Fsp3) is 0.423. The summed E-state index contributed by atoms with van der Waals surface area (Å²) < 4.78 is 46.4. The lowest BCUT2D eigenvalue weighted by Crippen LogP contribution is -2.51. The van der Waals surface area contributed by atoms with Crippen molar-refractivity contribution in [2.75, 3.05) is 52.9 Å². The lowest BCUT2D eigenvalue weighted by Gasteiger charge is -2.38. The average molecular weight is 502 g/mol. The third-order valence-electron chi connectivity index (χ3n) is 6.70. The molecule has 2 saturated heterocycles. The summed E-state index contributed by atoms with van der Waals surface area (Å²) in [6.07, 6.45) is 5.17. The molecule has 2 aliphatic rings. The lowest BCUT2D eigenvalue weighted by atomic mass is 9.96. The van der Waals surface area contributed by atoms with E-state index in [0.717, 1.165) is 25.7 Å². The number of ether oxygens (including phenoxy) is 1. The first kappa shape index (κ1) is 25.3. The molecule has 188 valence electrons. The van der Waals surface area contributed by atoms with Gasteiger partial charge in [-0.15, -0.1) is 0 Å². The second kappa shape index (κ2) is 11.3. The lowest BCUT2D eigenvalue weighted by molar-refractivity contribution is -0.138. The maximum atomic E-state index is 13.7. The van der Waals surface area contributed by atoms with Gasteiger partial charge < -0.3 is 9.64 Å². The quantitative estimate of drug-likeness (QED) is 0.583. The van der Waals surface area contributed by atoms with E-state index in [-0.39, 0.29) is 35.6 Å². The van der Waals surface area contributed by atoms with E-state index in [9.17, 15) is 17.6 Å². The highest BCUT2D eigenvalue weighted by Crippen LogP contribution is 2.31. The summed E-state index contributed by atoms with van der Waals surface area (Å²) in [6, 6.07) is 13.6. The van der Waals surface area contributed by atoms with E-state index in [1.54, 1.807) is 0 Å². The topological polar surface area (TPSA) is 70.2 Å². The van der Waals surface area contributed by atoms with Crippen molar-refractivity contribution in [2.24, 2.45) is 5.92 Å². The summed E-state index contributed by atoms with van der Waals surface area (Å²) in [5.41, 5.74) is 1.17. The zero-order chi connectivity index (χ0) is 24.8. The van der Waals surface area contributed by atoms with E-state index >= 15 is 0 Å². The minimum atomic E-state index is -3.91. The molecule has 0 aliphatic carbocycles. The fourth-order valence-corrected chi connectivity index (χ4v) is 6.28. The number of rotatable bonds is 7. The summed E-state index contributed by atoms with van der Waals surface area (Å²) >= 11 is 0. The molecule has 35 heavy (non-hydrogen) atoms. The molecular weight excluding hydrogens is 469 g/mol. The zero-order valence-corrected chi connectivity index (χ0v) is 20.8. The maximum Gasteiger partial charge on any atom is 0.246 e. The molecule has 2 aromatic carbocycles. The van der Waals surface area contributed by atoms with Gasteiger partial charge in [-0.05, 0) is 36.6 Å². The predicted molar refractivity (Wildman–Crippen MR) is 133 cm³/mol. The number of benzene rings is 2. The van der Waals surface area contributed by atoms with E-state index in [1.165, 1.54) is 29.1 Å². The van der Waals surface area contributed by atoms with Gasteiger partial charge in [-0.25, -0.2) is 12.8 Å². The molecular formula is C26H32FN3O4S. The Bertz CT molecular complexity index is 1140. The van der Waals surface area contributed by atoms with Crippen molar-refractivity contribution in [1.29, 1.82) is 0 Å². The molecule has 0 aromatic heterocycles. The standard InChI is InChI=1S/C26H32FN3O4S/c1-34-24-10-9-23(27)20-25(24)35(32,33)30-14-11-22(12-15-30)26(31)29-18-16-28(17-19-29)13-5-8-21-6-3-2-4-7-21/h2-10,20,22H,11-19H2,1H3/b8-5+. The highest BCUT2D eigenvalue weighted by molar-refractivity contribution is 7.89. The summed E-state index contributed by atoms with van der Waals surface area (Å²) in [6.45, 7) is 4.28. The molecule has 0 unspecified atom stereocenters. The van der Waals surface area contributed by atoms with Crippen LogP contribution < -0.4 is 4.74 Å². The van der Waals surface area contributed by atoms with Crippen molar-refractivity contribution in [3.63, 3.8) is 0 Å². The monoisotopic (exact) mass is 501 g/mol. The number of amides is 1. The largest absolute Gasteiger partial charge is 0.495 e.